The Bertz CT molecular complexity index is 139. The second-order valence-electron chi connectivity index (χ2n) is 2.82. The van der Waals surface area contributed by atoms with E-state index in [1.165, 1.54) is 6.42 Å². The summed E-state index contributed by atoms with van der Waals surface area (Å²) in [6.07, 6.45) is 1.17. The van der Waals surface area contributed by atoms with Crippen LogP contribution >= 0.6 is 0 Å². The van der Waals surface area contributed by atoms with Crippen LogP contribution in [0.4, 0.5) is 0 Å². The van der Waals surface area contributed by atoms with Crippen LogP contribution in [0.5, 0.6) is 0 Å². The van der Waals surface area contributed by atoms with E-state index in [1.54, 1.807) is 0 Å². The van der Waals surface area contributed by atoms with Crippen LogP contribution in [-0.2, 0) is 4.79 Å². The first kappa shape index (κ1) is 4.36. The van der Waals surface area contributed by atoms with Crippen LogP contribution in [0.3, 0.4) is 0 Å². The number of carbonyl (C=O) groups excluding carboxylic acids is 1. The Labute approximate surface area is 48.5 Å². The summed E-state index contributed by atoms with van der Waals surface area (Å²) < 4.78 is 0. The topological polar surface area (TPSA) is 20.3 Å². The minimum absolute atomic E-state index is 0.370. The first-order chi connectivity index (χ1) is 3.79. The number of piperidine rings is 1. The van der Waals surface area contributed by atoms with Crippen LogP contribution in [0.15, 0.2) is 0 Å². The van der Waals surface area contributed by atoms with Crippen molar-refractivity contribution < 1.29 is 4.79 Å². The molecule has 0 spiro atoms. The number of fused-ring (bicyclic) bond motifs is 1. The van der Waals surface area contributed by atoms with Crippen molar-refractivity contribution in [1.82, 2.24) is 4.90 Å². The maximum atomic E-state index is 10.9. The third-order valence-corrected chi connectivity index (χ3v) is 2.12. The fourth-order valence-electron chi connectivity index (χ4n) is 1.48. The summed E-state index contributed by atoms with van der Waals surface area (Å²) in [6.45, 7) is 1.02. The van der Waals surface area contributed by atoms with Gasteiger partial charge in [-0.05, 0) is 12.3 Å². The van der Waals surface area contributed by atoms with Crippen molar-refractivity contribution in [3.8, 4) is 0 Å². The molecule has 8 heavy (non-hydrogen) atoms. The van der Waals surface area contributed by atoms with Crippen molar-refractivity contribution in [2.45, 2.75) is 6.42 Å². The zero-order valence-corrected chi connectivity index (χ0v) is 4.92. The Hall–Kier alpha value is -0.530. The standard InChI is InChI=1S/C6H9NO/c1-7-3-4-2-5(4)6(7)8/h4-5H,2-3H2,1H3/t4-,5?/m1/s1. The largest absolute Gasteiger partial charge is 0.345 e. The third kappa shape index (κ3) is 0.358. The summed E-state index contributed by atoms with van der Waals surface area (Å²) in [5.74, 6) is 1.56. The molecule has 0 N–H and O–H groups in total. The predicted molar refractivity (Wildman–Crippen MR) is 29.2 cm³/mol. The molecule has 0 aromatic heterocycles. The first-order valence-corrected chi connectivity index (χ1v) is 3.04. The molecule has 44 valence electrons. The second-order valence-corrected chi connectivity index (χ2v) is 2.82. The molecule has 2 heteroatoms. The highest BCUT2D eigenvalue weighted by molar-refractivity contribution is 5.84. The molecule has 0 aromatic carbocycles. The summed E-state index contributed by atoms with van der Waals surface area (Å²) in [4.78, 5) is 12.7. The quantitative estimate of drug-likeness (QED) is 0.434. The molecule has 0 radical (unpaired) electrons. The molecular weight excluding hydrogens is 102 g/mol. The Kier molecular flexibility index (Phi) is 0.581. The van der Waals surface area contributed by atoms with E-state index in [2.05, 4.69) is 0 Å². The molecule has 0 bridgehead atoms. The average molecular weight is 111 g/mol. The van der Waals surface area contributed by atoms with Crippen LogP contribution < -0.4 is 0 Å². The average Bonchev–Trinajstić information content (AvgIpc) is 2.39. The molecule has 2 fully saturated rings. The molecule has 1 aliphatic heterocycles. The summed E-state index contributed by atoms with van der Waals surface area (Å²) in [7, 11) is 1.88. The van der Waals surface area contributed by atoms with E-state index >= 15 is 0 Å². The smallest absolute Gasteiger partial charge is 0.225 e. The highest BCUT2D eigenvalue weighted by Crippen LogP contribution is 2.45. The maximum Gasteiger partial charge on any atom is 0.225 e. The number of nitrogens with zero attached hydrogens (tertiary/aromatic N) is 1. The van der Waals surface area contributed by atoms with Crippen LogP contribution in [0.25, 0.3) is 0 Å². The van der Waals surface area contributed by atoms with Crippen molar-refractivity contribution in [1.29, 1.82) is 0 Å². The van der Waals surface area contributed by atoms with Crippen molar-refractivity contribution >= 4 is 5.91 Å². The molecule has 1 aliphatic carbocycles. The van der Waals surface area contributed by atoms with E-state index in [0.29, 0.717) is 11.8 Å². The number of hydrogen-bond donors (Lipinski definition) is 0. The number of likely N-dealkylation sites (tertiary alicyclic amines) is 1. The lowest BCUT2D eigenvalue weighted by Crippen LogP contribution is -2.22. The molecule has 0 aromatic rings. The minimum atomic E-state index is 0.370. The first-order valence-electron chi connectivity index (χ1n) is 3.04. The highest BCUT2D eigenvalue weighted by atomic mass is 16.2. The number of hydrogen-bond acceptors (Lipinski definition) is 1. The van der Waals surface area contributed by atoms with E-state index in [1.807, 2.05) is 11.9 Å². The summed E-state index contributed by atoms with van der Waals surface area (Å²) in [5, 5.41) is 0. The zero-order chi connectivity index (χ0) is 5.72. The summed E-state index contributed by atoms with van der Waals surface area (Å²) in [5.41, 5.74) is 0. The lowest BCUT2D eigenvalue weighted by atomic mass is 10.4. The number of amides is 1. The predicted octanol–water partition coefficient (Wildman–Crippen LogP) is 0.0945. The molecule has 2 rings (SSSR count). The van der Waals surface area contributed by atoms with E-state index in [4.69, 9.17) is 0 Å². The molecule has 2 atom stereocenters. The van der Waals surface area contributed by atoms with Gasteiger partial charge in [0.2, 0.25) is 5.91 Å². The number of rotatable bonds is 0. The number of carbonyl (C=O) groups is 1. The van der Waals surface area contributed by atoms with Crippen molar-refractivity contribution in [3.63, 3.8) is 0 Å². The molecule has 2 nitrogen and oxygen atoms in total. The van der Waals surface area contributed by atoms with Crippen molar-refractivity contribution in [3.05, 3.63) is 0 Å². The van der Waals surface area contributed by atoms with Gasteiger partial charge in [-0.1, -0.05) is 0 Å². The third-order valence-electron chi connectivity index (χ3n) is 2.12. The molecule has 1 heterocycles. The van der Waals surface area contributed by atoms with Crippen LogP contribution in [-0.4, -0.2) is 24.4 Å². The van der Waals surface area contributed by atoms with Gasteiger partial charge < -0.3 is 4.90 Å². The minimum Gasteiger partial charge on any atom is -0.345 e. The van der Waals surface area contributed by atoms with Gasteiger partial charge in [0.1, 0.15) is 0 Å². The van der Waals surface area contributed by atoms with E-state index < -0.39 is 0 Å². The Morgan fingerprint density at radius 2 is 2.50 bits per heavy atom. The Morgan fingerprint density at radius 3 is 2.75 bits per heavy atom. The lowest BCUT2D eigenvalue weighted by Gasteiger charge is -2.08. The van der Waals surface area contributed by atoms with Gasteiger partial charge in [0, 0.05) is 19.5 Å². The Morgan fingerprint density at radius 1 is 1.75 bits per heavy atom. The van der Waals surface area contributed by atoms with Crippen LogP contribution in [0.1, 0.15) is 6.42 Å². The highest BCUT2D eigenvalue weighted by Gasteiger charge is 2.50. The zero-order valence-electron chi connectivity index (χ0n) is 4.92. The fourth-order valence-corrected chi connectivity index (χ4v) is 1.48. The van der Waals surface area contributed by atoms with Gasteiger partial charge in [0.15, 0.2) is 0 Å². The van der Waals surface area contributed by atoms with Gasteiger partial charge >= 0.3 is 0 Å². The maximum absolute atomic E-state index is 10.9. The van der Waals surface area contributed by atoms with Crippen LogP contribution in [0, 0.1) is 11.8 Å². The molecular formula is C6H9NO. The molecule has 1 amide bonds. The fraction of sp³-hybridized carbons (Fsp3) is 0.833. The SMILES string of the molecule is CN1C[C@H]2CC2C1=O. The molecule has 1 saturated heterocycles. The summed E-state index contributed by atoms with van der Waals surface area (Å²) >= 11 is 0. The van der Waals surface area contributed by atoms with E-state index in [-0.39, 0.29) is 0 Å². The van der Waals surface area contributed by atoms with Gasteiger partial charge in [-0.3, -0.25) is 4.79 Å². The second kappa shape index (κ2) is 1.07. The van der Waals surface area contributed by atoms with E-state index in [9.17, 15) is 4.79 Å². The van der Waals surface area contributed by atoms with E-state index in [0.717, 1.165) is 12.5 Å². The van der Waals surface area contributed by atoms with Gasteiger partial charge in [-0.15, -0.1) is 0 Å². The van der Waals surface area contributed by atoms with Gasteiger partial charge in [0.25, 0.3) is 0 Å². The van der Waals surface area contributed by atoms with Gasteiger partial charge in [-0.2, -0.15) is 0 Å². The molecule has 1 unspecified atom stereocenters. The lowest BCUT2D eigenvalue weighted by molar-refractivity contribution is -0.128. The monoisotopic (exact) mass is 111 g/mol. The van der Waals surface area contributed by atoms with Gasteiger partial charge in [0.05, 0.1) is 0 Å². The van der Waals surface area contributed by atoms with Crippen LogP contribution in [0.2, 0.25) is 0 Å². The summed E-state index contributed by atoms with van der Waals surface area (Å²) in [6, 6.07) is 0. The molecule has 2 aliphatic rings. The molecule has 1 saturated carbocycles. The van der Waals surface area contributed by atoms with Crippen molar-refractivity contribution in [2.75, 3.05) is 13.6 Å². The van der Waals surface area contributed by atoms with Gasteiger partial charge in [-0.25, -0.2) is 0 Å². The normalized spacial score (nSPS) is 42.6. The van der Waals surface area contributed by atoms with Crippen molar-refractivity contribution in [2.24, 2.45) is 11.8 Å². The Balaban J connectivity index is 2.19.